The van der Waals surface area contributed by atoms with Gasteiger partial charge in [0.25, 0.3) is 11.6 Å². The van der Waals surface area contributed by atoms with E-state index in [2.05, 4.69) is 10.1 Å². The first-order valence-corrected chi connectivity index (χ1v) is 9.38. The SMILES string of the molecule is COc1cccc(CN(C)C(=O)c2cc(-c3ccccc3F)nc3onc(C)c23)c1. The number of pyridine rings is 1. The largest absolute Gasteiger partial charge is 0.497 e. The van der Waals surface area contributed by atoms with Crippen molar-refractivity contribution in [2.75, 3.05) is 14.2 Å². The number of aromatic nitrogens is 2. The van der Waals surface area contributed by atoms with E-state index in [1.165, 1.54) is 6.07 Å². The van der Waals surface area contributed by atoms with Crippen molar-refractivity contribution < 1.29 is 18.4 Å². The summed E-state index contributed by atoms with van der Waals surface area (Å²) in [5, 5.41) is 4.47. The summed E-state index contributed by atoms with van der Waals surface area (Å²) in [6, 6.07) is 15.4. The van der Waals surface area contributed by atoms with E-state index in [0.29, 0.717) is 28.9 Å². The van der Waals surface area contributed by atoms with Crippen molar-refractivity contribution in [2.45, 2.75) is 13.5 Å². The van der Waals surface area contributed by atoms with Crippen LogP contribution in [0.4, 0.5) is 4.39 Å². The average Bonchev–Trinajstić information content (AvgIpc) is 3.13. The molecule has 2 heterocycles. The normalized spacial score (nSPS) is 10.9. The topological polar surface area (TPSA) is 68.5 Å². The molecule has 2 aromatic heterocycles. The van der Waals surface area contributed by atoms with Crippen LogP contribution in [-0.4, -0.2) is 35.1 Å². The second-order valence-electron chi connectivity index (χ2n) is 7.00. The molecule has 7 heteroatoms. The minimum absolute atomic E-state index is 0.200. The number of halogens is 1. The second kappa shape index (κ2) is 7.94. The summed E-state index contributed by atoms with van der Waals surface area (Å²) in [6.45, 7) is 2.12. The molecule has 4 aromatic rings. The molecular weight excluding hydrogens is 385 g/mol. The number of benzene rings is 2. The third kappa shape index (κ3) is 3.61. The molecule has 0 aliphatic carbocycles. The lowest BCUT2D eigenvalue weighted by atomic mass is 10.0. The number of hydrogen-bond acceptors (Lipinski definition) is 5. The van der Waals surface area contributed by atoms with Crippen molar-refractivity contribution in [3.8, 4) is 17.0 Å². The first kappa shape index (κ1) is 19.6. The molecule has 4 rings (SSSR count). The fraction of sp³-hybridized carbons (Fsp3) is 0.174. The maximum atomic E-state index is 14.3. The van der Waals surface area contributed by atoms with Gasteiger partial charge in [0.15, 0.2) is 0 Å². The maximum absolute atomic E-state index is 14.3. The van der Waals surface area contributed by atoms with E-state index in [0.717, 1.165) is 11.3 Å². The van der Waals surface area contributed by atoms with Gasteiger partial charge in [-0.15, -0.1) is 0 Å². The van der Waals surface area contributed by atoms with E-state index in [1.54, 1.807) is 50.2 Å². The van der Waals surface area contributed by atoms with Crippen molar-refractivity contribution in [1.82, 2.24) is 15.0 Å². The predicted molar refractivity (Wildman–Crippen MR) is 111 cm³/mol. The molecule has 0 atom stereocenters. The Labute approximate surface area is 172 Å². The molecule has 0 N–H and O–H groups in total. The monoisotopic (exact) mass is 405 g/mol. The van der Waals surface area contributed by atoms with Crippen molar-refractivity contribution in [3.63, 3.8) is 0 Å². The summed E-state index contributed by atoms with van der Waals surface area (Å²) in [7, 11) is 3.31. The number of rotatable bonds is 5. The Bertz CT molecular complexity index is 1240. The number of methoxy groups -OCH3 is 1. The average molecular weight is 405 g/mol. The summed E-state index contributed by atoms with van der Waals surface area (Å²) < 4.78 is 24.9. The van der Waals surface area contributed by atoms with Gasteiger partial charge < -0.3 is 14.2 Å². The van der Waals surface area contributed by atoms with Crippen LogP contribution in [0.3, 0.4) is 0 Å². The number of hydrogen-bond donors (Lipinski definition) is 0. The third-order valence-corrected chi connectivity index (χ3v) is 4.90. The molecule has 0 aliphatic heterocycles. The zero-order valence-electron chi connectivity index (χ0n) is 16.8. The van der Waals surface area contributed by atoms with Gasteiger partial charge in [-0.05, 0) is 42.8 Å². The van der Waals surface area contributed by atoms with Crippen LogP contribution >= 0.6 is 0 Å². The maximum Gasteiger partial charge on any atom is 0.259 e. The summed E-state index contributed by atoms with van der Waals surface area (Å²) >= 11 is 0. The molecule has 0 saturated heterocycles. The van der Waals surface area contributed by atoms with E-state index in [4.69, 9.17) is 9.26 Å². The lowest BCUT2D eigenvalue weighted by Gasteiger charge is -2.18. The zero-order valence-corrected chi connectivity index (χ0v) is 16.8. The predicted octanol–water partition coefficient (Wildman–Crippen LogP) is 4.62. The Morgan fingerprint density at radius 1 is 1.17 bits per heavy atom. The molecule has 0 spiro atoms. The van der Waals surface area contributed by atoms with Gasteiger partial charge in [0, 0.05) is 19.2 Å². The van der Waals surface area contributed by atoms with E-state index < -0.39 is 5.82 Å². The van der Waals surface area contributed by atoms with Crippen molar-refractivity contribution >= 4 is 17.0 Å². The molecule has 0 aliphatic rings. The number of aryl methyl sites for hydroxylation is 1. The Hall–Kier alpha value is -3.74. The number of ether oxygens (including phenoxy) is 1. The van der Waals surface area contributed by atoms with E-state index in [-0.39, 0.29) is 17.2 Å². The highest BCUT2D eigenvalue weighted by atomic mass is 19.1. The Morgan fingerprint density at radius 2 is 1.97 bits per heavy atom. The van der Waals surface area contributed by atoms with E-state index in [1.807, 2.05) is 24.3 Å². The molecular formula is C23H20FN3O3. The molecule has 1 amide bonds. The van der Waals surface area contributed by atoms with Gasteiger partial charge in [0.2, 0.25) is 0 Å². The van der Waals surface area contributed by atoms with Crippen LogP contribution in [-0.2, 0) is 6.54 Å². The lowest BCUT2D eigenvalue weighted by Crippen LogP contribution is -2.26. The zero-order chi connectivity index (χ0) is 21.3. The van der Waals surface area contributed by atoms with Gasteiger partial charge >= 0.3 is 0 Å². The molecule has 0 bridgehead atoms. The van der Waals surface area contributed by atoms with Crippen LogP contribution in [0.1, 0.15) is 21.6 Å². The highest BCUT2D eigenvalue weighted by molar-refractivity contribution is 6.06. The number of nitrogens with zero attached hydrogens (tertiary/aromatic N) is 3. The third-order valence-electron chi connectivity index (χ3n) is 4.90. The molecule has 0 saturated carbocycles. The number of fused-ring (bicyclic) bond motifs is 1. The van der Waals surface area contributed by atoms with Gasteiger partial charge in [-0.2, -0.15) is 0 Å². The number of carbonyl (C=O) groups excluding carboxylic acids is 1. The first-order chi connectivity index (χ1) is 14.5. The van der Waals surface area contributed by atoms with Gasteiger partial charge in [0.1, 0.15) is 11.6 Å². The number of amides is 1. The fourth-order valence-electron chi connectivity index (χ4n) is 3.39. The fourth-order valence-corrected chi connectivity index (χ4v) is 3.39. The highest BCUT2D eigenvalue weighted by Crippen LogP contribution is 2.29. The van der Waals surface area contributed by atoms with E-state index >= 15 is 0 Å². The van der Waals surface area contributed by atoms with E-state index in [9.17, 15) is 9.18 Å². The minimum atomic E-state index is -0.427. The van der Waals surface area contributed by atoms with Crippen molar-refractivity contribution in [1.29, 1.82) is 0 Å². The molecule has 0 radical (unpaired) electrons. The standard InChI is InChI=1S/C23H20FN3O3/c1-14-21-18(23(28)27(2)13-15-7-6-8-16(11-15)29-3)12-20(25-22(21)30-26-14)17-9-4-5-10-19(17)24/h4-12H,13H2,1-3H3. The summed E-state index contributed by atoms with van der Waals surface area (Å²) in [5.41, 5.74) is 2.64. The minimum Gasteiger partial charge on any atom is -0.497 e. The molecule has 6 nitrogen and oxygen atoms in total. The van der Waals surface area contributed by atoms with Crippen LogP contribution < -0.4 is 4.74 Å². The molecule has 30 heavy (non-hydrogen) atoms. The Kier molecular flexibility index (Phi) is 5.18. The van der Waals surface area contributed by atoms with Crippen LogP contribution in [0.25, 0.3) is 22.4 Å². The van der Waals surface area contributed by atoms with Gasteiger partial charge in [0.05, 0.1) is 29.4 Å². The Morgan fingerprint density at radius 3 is 2.73 bits per heavy atom. The lowest BCUT2D eigenvalue weighted by molar-refractivity contribution is 0.0787. The summed E-state index contributed by atoms with van der Waals surface area (Å²) in [4.78, 5) is 19.3. The van der Waals surface area contributed by atoms with Gasteiger partial charge in [-0.3, -0.25) is 4.79 Å². The second-order valence-corrected chi connectivity index (χ2v) is 7.00. The molecule has 0 unspecified atom stereocenters. The Balaban J connectivity index is 1.75. The molecule has 2 aromatic carbocycles. The van der Waals surface area contributed by atoms with Gasteiger partial charge in [-0.25, -0.2) is 9.37 Å². The molecule has 152 valence electrons. The van der Waals surface area contributed by atoms with Crippen molar-refractivity contribution in [3.05, 3.63) is 77.2 Å². The van der Waals surface area contributed by atoms with Crippen LogP contribution in [0.2, 0.25) is 0 Å². The van der Waals surface area contributed by atoms with Gasteiger partial charge in [-0.1, -0.05) is 29.4 Å². The highest BCUT2D eigenvalue weighted by Gasteiger charge is 2.22. The molecule has 0 fully saturated rings. The summed E-state index contributed by atoms with van der Waals surface area (Å²) in [6.07, 6.45) is 0. The van der Waals surface area contributed by atoms with Crippen LogP contribution in [0.5, 0.6) is 5.75 Å². The number of carbonyl (C=O) groups is 1. The smallest absolute Gasteiger partial charge is 0.259 e. The summed E-state index contributed by atoms with van der Waals surface area (Å²) in [5.74, 6) is 0.0502. The quantitative estimate of drug-likeness (QED) is 0.485. The van der Waals surface area contributed by atoms with Crippen LogP contribution in [0.15, 0.2) is 59.1 Å². The van der Waals surface area contributed by atoms with Crippen molar-refractivity contribution in [2.24, 2.45) is 0 Å². The first-order valence-electron chi connectivity index (χ1n) is 9.38. The van der Waals surface area contributed by atoms with Crippen LogP contribution in [0, 0.1) is 12.7 Å².